The Labute approximate surface area is 157 Å². The van der Waals surface area contributed by atoms with Crippen LogP contribution in [0.4, 0.5) is 11.6 Å². The van der Waals surface area contributed by atoms with Gasteiger partial charge in [0.2, 0.25) is 5.95 Å². The van der Waals surface area contributed by atoms with Crippen molar-refractivity contribution in [2.75, 3.05) is 5.32 Å². The first-order valence-electron chi connectivity index (χ1n) is 8.32. The highest BCUT2D eigenvalue weighted by Gasteiger charge is 2.26. The SMILES string of the molecule is CCn1c(NC2CCCCCC2)nc2c([N+](=O)[O-])c(Br)c(Br)cc21. The van der Waals surface area contributed by atoms with Gasteiger partial charge in [-0.1, -0.05) is 25.7 Å². The van der Waals surface area contributed by atoms with E-state index >= 15 is 0 Å². The number of anilines is 1. The molecule has 8 heteroatoms. The summed E-state index contributed by atoms with van der Waals surface area (Å²) in [6, 6.07) is 2.28. The maximum Gasteiger partial charge on any atom is 0.312 e. The Morgan fingerprint density at radius 2 is 2.00 bits per heavy atom. The molecular weight excluding hydrogens is 440 g/mol. The fourth-order valence-electron chi connectivity index (χ4n) is 3.39. The fraction of sp³-hybridized carbons (Fsp3) is 0.562. The van der Waals surface area contributed by atoms with Gasteiger partial charge in [-0.2, -0.15) is 0 Å². The van der Waals surface area contributed by atoms with E-state index in [1.165, 1.54) is 25.7 Å². The third-order valence-corrected chi connectivity index (χ3v) is 6.56. The number of rotatable bonds is 4. The zero-order chi connectivity index (χ0) is 17.3. The molecule has 1 aliphatic rings. The Morgan fingerprint density at radius 3 is 2.58 bits per heavy atom. The second-order valence-electron chi connectivity index (χ2n) is 6.16. The van der Waals surface area contributed by atoms with Crippen LogP contribution >= 0.6 is 31.9 Å². The molecule has 1 aromatic heterocycles. The van der Waals surface area contributed by atoms with Crippen LogP contribution in [0.15, 0.2) is 15.0 Å². The molecule has 1 aromatic carbocycles. The smallest absolute Gasteiger partial charge is 0.312 e. The first-order valence-corrected chi connectivity index (χ1v) is 9.90. The topological polar surface area (TPSA) is 73.0 Å². The molecule has 0 saturated heterocycles. The second kappa shape index (κ2) is 7.39. The number of aryl methyl sites for hydroxylation is 1. The summed E-state index contributed by atoms with van der Waals surface area (Å²) in [5, 5.41) is 15.1. The number of nitro benzene ring substituents is 1. The van der Waals surface area contributed by atoms with E-state index in [1.54, 1.807) is 0 Å². The molecule has 0 radical (unpaired) electrons. The lowest BCUT2D eigenvalue weighted by atomic mass is 10.1. The molecule has 3 rings (SSSR count). The van der Waals surface area contributed by atoms with Gasteiger partial charge in [0.05, 0.1) is 10.4 Å². The molecule has 1 aliphatic carbocycles. The highest BCUT2D eigenvalue weighted by Crippen LogP contribution is 2.40. The molecule has 0 amide bonds. The van der Waals surface area contributed by atoms with E-state index in [1.807, 2.05) is 17.6 Å². The van der Waals surface area contributed by atoms with Gasteiger partial charge in [-0.15, -0.1) is 0 Å². The third-order valence-electron chi connectivity index (χ3n) is 4.60. The molecule has 1 fully saturated rings. The summed E-state index contributed by atoms with van der Waals surface area (Å²) >= 11 is 6.71. The number of imidazole rings is 1. The van der Waals surface area contributed by atoms with E-state index in [9.17, 15) is 10.1 Å². The Morgan fingerprint density at radius 1 is 1.33 bits per heavy atom. The van der Waals surface area contributed by atoms with Crippen molar-refractivity contribution in [2.24, 2.45) is 0 Å². The molecule has 2 aromatic rings. The Bertz CT molecular complexity index is 767. The zero-order valence-corrected chi connectivity index (χ0v) is 16.7. The monoisotopic (exact) mass is 458 g/mol. The van der Waals surface area contributed by atoms with Gasteiger partial charge in [-0.05, 0) is 57.7 Å². The average molecular weight is 460 g/mol. The lowest BCUT2D eigenvalue weighted by Crippen LogP contribution is -2.21. The Kier molecular flexibility index (Phi) is 5.44. The largest absolute Gasteiger partial charge is 0.353 e. The molecule has 0 atom stereocenters. The second-order valence-corrected chi connectivity index (χ2v) is 7.81. The summed E-state index contributed by atoms with van der Waals surface area (Å²) < 4.78 is 3.11. The van der Waals surface area contributed by atoms with Crippen LogP contribution in [0.25, 0.3) is 11.0 Å². The molecule has 130 valence electrons. The van der Waals surface area contributed by atoms with Crippen LogP contribution in [0.3, 0.4) is 0 Å². The van der Waals surface area contributed by atoms with Gasteiger partial charge < -0.3 is 9.88 Å². The fourth-order valence-corrected chi connectivity index (χ4v) is 4.24. The van der Waals surface area contributed by atoms with E-state index in [0.29, 0.717) is 27.0 Å². The Balaban J connectivity index is 2.08. The van der Waals surface area contributed by atoms with Gasteiger partial charge in [-0.25, -0.2) is 4.98 Å². The van der Waals surface area contributed by atoms with Crippen molar-refractivity contribution in [1.29, 1.82) is 0 Å². The quantitative estimate of drug-likeness (QED) is 0.365. The van der Waals surface area contributed by atoms with Crippen LogP contribution in [-0.4, -0.2) is 20.5 Å². The van der Waals surface area contributed by atoms with Gasteiger partial charge in [0.1, 0.15) is 4.47 Å². The maximum atomic E-state index is 11.5. The van der Waals surface area contributed by atoms with E-state index < -0.39 is 0 Å². The van der Waals surface area contributed by atoms with Crippen molar-refractivity contribution in [1.82, 2.24) is 9.55 Å². The molecule has 6 nitrogen and oxygen atoms in total. The number of hydrogen-bond acceptors (Lipinski definition) is 4. The predicted octanol–water partition coefficient (Wildman–Crippen LogP) is 5.62. The van der Waals surface area contributed by atoms with Gasteiger partial charge in [0.25, 0.3) is 0 Å². The van der Waals surface area contributed by atoms with Crippen molar-refractivity contribution in [3.8, 4) is 0 Å². The van der Waals surface area contributed by atoms with Crippen LogP contribution in [0, 0.1) is 10.1 Å². The highest BCUT2D eigenvalue weighted by atomic mass is 79.9. The molecule has 24 heavy (non-hydrogen) atoms. The summed E-state index contributed by atoms with van der Waals surface area (Å²) in [5.74, 6) is 0.729. The Hall–Kier alpha value is -1.15. The first kappa shape index (κ1) is 17.7. The van der Waals surface area contributed by atoms with Gasteiger partial charge in [0.15, 0.2) is 5.52 Å². The number of hydrogen-bond donors (Lipinski definition) is 1. The van der Waals surface area contributed by atoms with E-state index in [2.05, 4.69) is 42.2 Å². The van der Waals surface area contributed by atoms with Crippen molar-refractivity contribution < 1.29 is 4.92 Å². The third kappa shape index (κ3) is 3.31. The molecule has 0 unspecified atom stereocenters. The van der Waals surface area contributed by atoms with E-state index in [0.717, 1.165) is 24.3 Å². The number of nitrogens with one attached hydrogen (secondary N) is 1. The molecule has 0 aliphatic heterocycles. The molecule has 1 heterocycles. The summed E-state index contributed by atoms with van der Waals surface area (Å²) in [5.41, 5.74) is 1.21. The molecule has 0 bridgehead atoms. The van der Waals surface area contributed by atoms with Gasteiger partial charge in [0, 0.05) is 17.1 Å². The minimum absolute atomic E-state index is 0.00971. The van der Waals surface area contributed by atoms with Crippen LogP contribution in [0.1, 0.15) is 45.4 Å². The first-order chi connectivity index (χ1) is 11.5. The van der Waals surface area contributed by atoms with Crippen LogP contribution in [0.2, 0.25) is 0 Å². The van der Waals surface area contributed by atoms with Crippen LogP contribution < -0.4 is 5.32 Å². The van der Waals surface area contributed by atoms with Crippen LogP contribution in [-0.2, 0) is 6.54 Å². The molecular formula is C16H20Br2N4O2. The van der Waals surface area contributed by atoms with Crippen molar-refractivity contribution in [3.63, 3.8) is 0 Å². The summed E-state index contributed by atoms with van der Waals surface area (Å²) in [7, 11) is 0. The lowest BCUT2D eigenvalue weighted by Gasteiger charge is -2.17. The highest BCUT2D eigenvalue weighted by molar-refractivity contribution is 9.13. The van der Waals surface area contributed by atoms with Gasteiger partial charge >= 0.3 is 5.69 Å². The molecule has 1 N–H and O–H groups in total. The van der Waals surface area contributed by atoms with Crippen LogP contribution in [0.5, 0.6) is 0 Å². The summed E-state index contributed by atoms with van der Waals surface area (Å²) in [6.07, 6.45) is 7.27. The van der Waals surface area contributed by atoms with E-state index in [4.69, 9.17) is 0 Å². The summed E-state index contributed by atoms with van der Waals surface area (Å²) in [6.45, 7) is 2.73. The summed E-state index contributed by atoms with van der Waals surface area (Å²) in [4.78, 5) is 15.7. The normalized spacial score (nSPS) is 16.3. The molecule has 1 saturated carbocycles. The predicted molar refractivity (Wildman–Crippen MR) is 103 cm³/mol. The molecule has 0 spiro atoms. The average Bonchev–Trinajstić information content (AvgIpc) is 2.71. The minimum atomic E-state index is -0.375. The maximum absolute atomic E-state index is 11.5. The number of fused-ring (bicyclic) bond motifs is 1. The minimum Gasteiger partial charge on any atom is -0.353 e. The van der Waals surface area contributed by atoms with Crippen molar-refractivity contribution in [2.45, 2.75) is 58.0 Å². The van der Waals surface area contributed by atoms with Crippen molar-refractivity contribution >= 4 is 54.5 Å². The number of halogens is 2. The van der Waals surface area contributed by atoms with E-state index in [-0.39, 0.29) is 10.6 Å². The van der Waals surface area contributed by atoms with Gasteiger partial charge in [-0.3, -0.25) is 10.1 Å². The standard InChI is InChI=1S/C16H20Br2N4O2/c1-2-21-12-9-11(17)13(18)15(22(23)24)14(12)20-16(21)19-10-7-5-3-4-6-8-10/h9-10H,2-8H2,1H3,(H,19,20). The number of nitrogens with zero attached hydrogens (tertiary/aromatic N) is 3. The lowest BCUT2D eigenvalue weighted by molar-refractivity contribution is -0.384. The number of nitro groups is 1. The van der Waals surface area contributed by atoms with Crippen molar-refractivity contribution in [3.05, 3.63) is 25.1 Å². The zero-order valence-electron chi connectivity index (χ0n) is 13.5. The number of aromatic nitrogens is 2. The number of benzene rings is 1.